The number of halogens is 1. The zero-order chi connectivity index (χ0) is 13.1. The van der Waals surface area contributed by atoms with Crippen molar-refractivity contribution in [3.05, 3.63) is 0 Å². The maximum atomic E-state index is 6.06. The second kappa shape index (κ2) is 9.98. The van der Waals surface area contributed by atoms with Crippen molar-refractivity contribution in [2.24, 2.45) is 5.41 Å². The van der Waals surface area contributed by atoms with E-state index in [1.54, 1.807) is 7.11 Å². The maximum Gasteiger partial charge on any atom is 0.0701 e. The van der Waals surface area contributed by atoms with Crippen molar-refractivity contribution in [3.8, 4) is 0 Å². The molecule has 1 aliphatic rings. The summed E-state index contributed by atoms with van der Waals surface area (Å²) >= 11 is 6.06. The summed E-state index contributed by atoms with van der Waals surface area (Å²) in [5, 5.41) is 0. The molecule has 0 bridgehead atoms. The van der Waals surface area contributed by atoms with E-state index in [9.17, 15) is 0 Å². The van der Waals surface area contributed by atoms with Gasteiger partial charge in [0.05, 0.1) is 33.0 Å². The summed E-state index contributed by atoms with van der Waals surface area (Å²) in [6.07, 6.45) is 3.21. The molecule has 0 aromatic heterocycles. The van der Waals surface area contributed by atoms with Crippen molar-refractivity contribution in [1.82, 2.24) is 0 Å². The minimum absolute atomic E-state index is 0.122. The van der Waals surface area contributed by atoms with E-state index in [4.69, 9.17) is 30.5 Å². The van der Waals surface area contributed by atoms with Crippen LogP contribution in [0.4, 0.5) is 0 Å². The van der Waals surface area contributed by atoms with E-state index in [1.165, 1.54) is 0 Å². The molecular weight excluding hydrogens is 256 g/mol. The van der Waals surface area contributed by atoms with Crippen LogP contribution in [0.15, 0.2) is 0 Å². The molecule has 108 valence electrons. The average molecular weight is 281 g/mol. The first-order valence-corrected chi connectivity index (χ1v) is 7.14. The van der Waals surface area contributed by atoms with Gasteiger partial charge >= 0.3 is 0 Å². The molecule has 1 saturated heterocycles. The van der Waals surface area contributed by atoms with Crippen LogP contribution >= 0.6 is 11.6 Å². The molecule has 4 nitrogen and oxygen atoms in total. The topological polar surface area (TPSA) is 36.9 Å². The van der Waals surface area contributed by atoms with Crippen molar-refractivity contribution >= 4 is 11.6 Å². The largest absolute Gasteiger partial charge is 0.382 e. The fourth-order valence-corrected chi connectivity index (χ4v) is 2.38. The van der Waals surface area contributed by atoms with E-state index >= 15 is 0 Å². The number of ether oxygens (including phenoxy) is 4. The van der Waals surface area contributed by atoms with E-state index in [0.29, 0.717) is 32.3 Å². The molecular formula is C13H25ClO4. The molecule has 1 atom stereocenters. The molecule has 1 fully saturated rings. The summed E-state index contributed by atoms with van der Waals surface area (Å²) in [4.78, 5) is 0. The smallest absolute Gasteiger partial charge is 0.0701 e. The highest BCUT2D eigenvalue weighted by atomic mass is 35.5. The van der Waals surface area contributed by atoms with Gasteiger partial charge in [0.15, 0.2) is 0 Å². The van der Waals surface area contributed by atoms with E-state index in [-0.39, 0.29) is 5.41 Å². The fourth-order valence-electron chi connectivity index (χ4n) is 2.03. The number of methoxy groups -OCH3 is 1. The minimum atomic E-state index is 0.122. The quantitative estimate of drug-likeness (QED) is 0.454. The molecule has 18 heavy (non-hydrogen) atoms. The molecule has 0 amide bonds. The molecule has 0 aromatic rings. The van der Waals surface area contributed by atoms with Gasteiger partial charge in [-0.1, -0.05) is 0 Å². The molecule has 5 heteroatoms. The Hall–Kier alpha value is 0.130. The van der Waals surface area contributed by atoms with E-state index in [2.05, 4.69) is 0 Å². The van der Waals surface area contributed by atoms with Crippen LogP contribution in [0.5, 0.6) is 0 Å². The Morgan fingerprint density at radius 3 is 2.44 bits per heavy atom. The van der Waals surface area contributed by atoms with Gasteiger partial charge in [0.25, 0.3) is 0 Å². The van der Waals surface area contributed by atoms with E-state index in [1.807, 2.05) is 0 Å². The Labute approximate surface area is 115 Å². The first-order valence-electron chi connectivity index (χ1n) is 6.61. The Balaban J connectivity index is 1.98. The molecule has 0 aromatic carbocycles. The lowest BCUT2D eigenvalue weighted by atomic mass is 9.82. The van der Waals surface area contributed by atoms with Crippen molar-refractivity contribution < 1.29 is 18.9 Å². The van der Waals surface area contributed by atoms with Crippen molar-refractivity contribution in [3.63, 3.8) is 0 Å². The normalized spacial score (nSPS) is 24.3. The predicted octanol–water partition coefficient (Wildman–Crippen LogP) is 2.09. The number of hydrogen-bond acceptors (Lipinski definition) is 4. The van der Waals surface area contributed by atoms with Crippen LogP contribution in [0.3, 0.4) is 0 Å². The summed E-state index contributed by atoms with van der Waals surface area (Å²) in [5.41, 5.74) is 0.122. The van der Waals surface area contributed by atoms with Crippen LogP contribution in [-0.4, -0.2) is 59.2 Å². The van der Waals surface area contributed by atoms with Gasteiger partial charge in [0, 0.05) is 31.6 Å². The monoisotopic (exact) mass is 280 g/mol. The standard InChI is InChI=1S/C13H25ClO4/c1-15-7-8-17-10-9-16-6-4-13(11-14)3-2-5-18-12-13/h2-12H2,1H3. The van der Waals surface area contributed by atoms with Crippen molar-refractivity contribution in [1.29, 1.82) is 0 Å². The molecule has 0 spiro atoms. The predicted molar refractivity (Wildman–Crippen MR) is 71.3 cm³/mol. The maximum absolute atomic E-state index is 6.06. The zero-order valence-corrected chi connectivity index (χ0v) is 12.0. The third-order valence-corrected chi connectivity index (χ3v) is 3.83. The van der Waals surface area contributed by atoms with Crippen LogP contribution in [0, 0.1) is 5.41 Å². The highest BCUT2D eigenvalue weighted by Gasteiger charge is 2.31. The molecule has 0 saturated carbocycles. The third-order valence-electron chi connectivity index (χ3n) is 3.27. The van der Waals surface area contributed by atoms with Crippen molar-refractivity contribution in [2.75, 3.05) is 59.2 Å². The number of hydrogen-bond donors (Lipinski definition) is 0. The van der Waals surface area contributed by atoms with Crippen LogP contribution in [0.1, 0.15) is 19.3 Å². The van der Waals surface area contributed by atoms with Gasteiger partial charge < -0.3 is 18.9 Å². The Bertz CT molecular complexity index is 195. The molecule has 1 unspecified atom stereocenters. The molecule has 0 aliphatic carbocycles. The summed E-state index contributed by atoms with van der Waals surface area (Å²) in [6, 6.07) is 0. The fraction of sp³-hybridized carbons (Fsp3) is 1.00. The second-order valence-corrected chi connectivity index (χ2v) is 5.02. The Morgan fingerprint density at radius 1 is 1.11 bits per heavy atom. The van der Waals surface area contributed by atoms with Gasteiger partial charge in [-0.2, -0.15) is 0 Å². The number of alkyl halides is 1. The second-order valence-electron chi connectivity index (χ2n) is 4.76. The van der Waals surface area contributed by atoms with Gasteiger partial charge in [-0.25, -0.2) is 0 Å². The summed E-state index contributed by atoms with van der Waals surface area (Å²) < 4.78 is 21.3. The minimum Gasteiger partial charge on any atom is -0.382 e. The van der Waals surface area contributed by atoms with Crippen LogP contribution in [0.2, 0.25) is 0 Å². The van der Waals surface area contributed by atoms with Crippen molar-refractivity contribution in [2.45, 2.75) is 19.3 Å². The third kappa shape index (κ3) is 6.34. The number of rotatable bonds is 10. The van der Waals surface area contributed by atoms with Crippen LogP contribution in [0.25, 0.3) is 0 Å². The molecule has 1 heterocycles. The molecule has 1 aliphatic heterocycles. The summed E-state index contributed by atoms with van der Waals surface area (Å²) in [7, 11) is 1.66. The van der Waals surface area contributed by atoms with Gasteiger partial charge in [-0.3, -0.25) is 0 Å². The van der Waals surface area contributed by atoms with E-state index < -0.39 is 0 Å². The summed E-state index contributed by atoms with van der Waals surface area (Å²) in [6.45, 7) is 4.86. The Morgan fingerprint density at radius 2 is 1.83 bits per heavy atom. The molecule has 0 radical (unpaired) electrons. The molecule has 0 N–H and O–H groups in total. The highest BCUT2D eigenvalue weighted by Crippen LogP contribution is 2.33. The van der Waals surface area contributed by atoms with Crippen LogP contribution in [-0.2, 0) is 18.9 Å². The van der Waals surface area contributed by atoms with Gasteiger partial charge in [-0.05, 0) is 19.3 Å². The SMILES string of the molecule is COCCOCCOCCC1(CCl)CCCOC1. The lowest BCUT2D eigenvalue weighted by Gasteiger charge is -2.35. The highest BCUT2D eigenvalue weighted by molar-refractivity contribution is 6.18. The van der Waals surface area contributed by atoms with E-state index in [0.717, 1.165) is 39.1 Å². The molecule has 1 rings (SSSR count). The van der Waals surface area contributed by atoms with Gasteiger partial charge in [0.2, 0.25) is 0 Å². The Kier molecular flexibility index (Phi) is 8.98. The average Bonchev–Trinajstić information content (AvgIpc) is 2.43. The summed E-state index contributed by atoms with van der Waals surface area (Å²) in [5.74, 6) is 0.653. The lowest BCUT2D eigenvalue weighted by Crippen LogP contribution is -2.34. The first kappa shape index (κ1) is 16.2. The lowest BCUT2D eigenvalue weighted by molar-refractivity contribution is -0.0240. The van der Waals surface area contributed by atoms with Gasteiger partial charge in [-0.15, -0.1) is 11.6 Å². The van der Waals surface area contributed by atoms with Crippen LogP contribution < -0.4 is 0 Å². The first-order chi connectivity index (χ1) is 8.83. The van der Waals surface area contributed by atoms with Gasteiger partial charge in [0.1, 0.15) is 0 Å². The zero-order valence-electron chi connectivity index (χ0n) is 11.3.